The molecule has 0 aliphatic carbocycles. The molecule has 3 nitrogen and oxygen atoms in total. The minimum Gasteiger partial charge on any atom is -0.383 e. The van der Waals surface area contributed by atoms with Crippen LogP contribution in [0.15, 0.2) is 30.3 Å². The van der Waals surface area contributed by atoms with Crippen LogP contribution in [0.4, 0.5) is 5.69 Å². The number of likely N-dealkylation sites (tertiary alicyclic amines) is 1. The number of para-hydroxylation sites is 1. The minimum absolute atomic E-state index is 0.784. The van der Waals surface area contributed by atoms with Crippen molar-refractivity contribution in [3.8, 4) is 0 Å². The van der Waals surface area contributed by atoms with Crippen molar-refractivity contribution in [1.82, 2.24) is 9.88 Å². The zero-order valence-corrected chi connectivity index (χ0v) is 12.4. The van der Waals surface area contributed by atoms with Crippen molar-refractivity contribution in [2.45, 2.75) is 19.8 Å². The number of anilines is 1. The highest BCUT2D eigenvalue weighted by Gasteiger charge is 2.16. The number of nitrogens with zero attached hydrogens (tertiary/aromatic N) is 2. The van der Waals surface area contributed by atoms with Gasteiger partial charge in [0.1, 0.15) is 0 Å². The first kappa shape index (κ1) is 13.4. The fraction of sp³-hybridized carbons (Fsp3) is 0.471. The van der Waals surface area contributed by atoms with Crippen LogP contribution in [-0.2, 0) is 0 Å². The maximum absolute atomic E-state index is 4.68. The van der Waals surface area contributed by atoms with E-state index in [-0.39, 0.29) is 0 Å². The van der Waals surface area contributed by atoms with E-state index >= 15 is 0 Å². The summed E-state index contributed by atoms with van der Waals surface area (Å²) in [7, 11) is 2.21. The van der Waals surface area contributed by atoms with E-state index in [0.29, 0.717) is 0 Å². The Labute approximate surface area is 121 Å². The summed E-state index contributed by atoms with van der Waals surface area (Å²) in [5.41, 5.74) is 3.34. The van der Waals surface area contributed by atoms with E-state index in [1.807, 2.05) is 6.92 Å². The van der Waals surface area contributed by atoms with Gasteiger partial charge in [-0.2, -0.15) is 0 Å². The van der Waals surface area contributed by atoms with Crippen LogP contribution in [0.3, 0.4) is 0 Å². The summed E-state index contributed by atoms with van der Waals surface area (Å²) in [6, 6.07) is 10.6. The minimum atomic E-state index is 0.784. The number of fused-ring (bicyclic) bond motifs is 1. The SMILES string of the molecule is Cc1ccc2cccc(NCC3CCN(C)CC3)c2n1. The Morgan fingerprint density at radius 1 is 1.20 bits per heavy atom. The number of nitrogens with one attached hydrogen (secondary N) is 1. The molecule has 0 unspecified atom stereocenters. The lowest BCUT2D eigenvalue weighted by Gasteiger charge is -2.29. The molecule has 0 radical (unpaired) electrons. The summed E-state index contributed by atoms with van der Waals surface area (Å²) in [5.74, 6) is 0.784. The molecule has 1 aromatic heterocycles. The van der Waals surface area contributed by atoms with Crippen molar-refractivity contribution in [3.63, 3.8) is 0 Å². The number of rotatable bonds is 3. The number of hydrogen-bond acceptors (Lipinski definition) is 3. The van der Waals surface area contributed by atoms with Crippen LogP contribution in [-0.4, -0.2) is 36.6 Å². The van der Waals surface area contributed by atoms with Gasteiger partial charge in [0.2, 0.25) is 0 Å². The number of aryl methyl sites for hydroxylation is 1. The van der Waals surface area contributed by atoms with Gasteiger partial charge in [0.25, 0.3) is 0 Å². The second kappa shape index (κ2) is 5.80. The molecule has 0 saturated carbocycles. The predicted molar refractivity (Wildman–Crippen MR) is 85.2 cm³/mol. The summed E-state index contributed by atoms with van der Waals surface area (Å²) in [6.07, 6.45) is 2.58. The molecule has 1 aliphatic rings. The van der Waals surface area contributed by atoms with Gasteiger partial charge in [0, 0.05) is 17.6 Å². The molecule has 3 heteroatoms. The summed E-state index contributed by atoms with van der Waals surface area (Å²) >= 11 is 0. The average molecular weight is 269 g/mol. The normalized spacial score (nSPS) is 17.5. The van der Waals surface area contributed by atoms with Crippen molar-refractivity contribution < 1.29 is 0 Å². The zero-order chi connectivity index (χ0) is 13.9. The Kier molecular flexibility index (Phi) is 3.88. The lowest BCUT2D eigenvalue weighted by atomic mass is 9.97. The molecular formula is C17H23N3. The van der Waals surface area contributed by atoms with Gasteiger partial charge in [-0.1, -0.05) is 18.2 Å². The van der Waals surface area contributed by atoms with E-state index in [0.717, 1.165) is 23.7 Å². The fourth-order valence-electron chi connectivity index (χ4n) is 2.91. The van der Waals surface area contributed by atoms with Gasteiger partial charge >= 0.3 is 0 Å². The van der Waals surface area contributed by atoms with Gasteiger partial charge in [-0.05, 0) is 58.0 Å². The van der Waals surface area contributed by atoms with Crippen LogP contribution in [0.2, 0.25) is 0 Å². The van der Waals surface area contributed by atoms with Crippen molar-refractivity contribution in [1.29, 1.82) is 0 Å². The largest absolute Gasteiger partial charge is 0.383 e. The highest BCUT2D eigenvalue weighted by atomic mass is 15.1. The Bertz CT molecular complexity index is 586. The molecule has 1 aromatic carbocycles. The van der Waals surface area contributed by atoms with Crippen LogP contribution in [0.25, 0.3) is 10.9 Å². The summed E-state index contributed by atoms with van der Waals surface area (Å²) in [4.78, 5) is 7.10. The molecule has 3 rings (SSSR count). The zero-order valence-electron chi connectivity index (χ0n) is 12.4. The van der Waals surface area contributed by atoms with Crippen LogP contribution in [0, 0.1) is 12.8 Å². The predicted octanol–water partition coefficient (Wildman–Crippen LogP) is 3.30. The first-order valence-corrected chi connectivity index (χ1v) is 7.51. The van der Waals surface area contributed by atoms with Crippen LogP contribution < -0.4 is 5.32 Å². The van der Waals surface area contributed by atoms with Gasteiger partial charge in [-0.3, -0.25) is 4.98 Å². The van der Waals surface area contributed by atoms with E-state index in [2.05, 4.69) is 52.6 Å². The molecule has 0 bridgehead atoms. The molecule has 0 spiro atoms. The van der Waals surface area contributed by atoms with E-state index in [4.69, 9.17) is 0 Å². The standard InChI is InChI=1S/C17H23N3/c1-13-6-7-15-4-3-5-16(17(15)19-13)18-12-14-8-10-20(2)11-9-14/h3-7,14,18H,8-12H2,1-2H3. The van der Waals surface area contributed by atoms with Crippen LogP contribution >= 0.6 is 0 Å². The third kappa shape index (κ3) is 2.93. The number of piperidine rings is 1. The van der Waals surface area contributed by atoms with Crippen molar-refractivity contribution in [2.75, 3.05) is 32.0 Å². The van der Waals surface area contributed by atoms with Gasteiger partial charge in [0.15, 0.2) is 0 Å². The van der Waals surface area contributed by atoms with Gasteiger partial charge in [-0.15, -0.1) is 0 Å². The summed E-state index contributed by atoms with van der Waals surface area (Å²) < 4.78 is 0. The maximum atomic E-state index is 4.68. The van der Waals surface area contributed by atoms with Gasteiger partial charge in [-0.25, -0.2) is 0 Å². The van der Waals surface area contributed by atoms with Crippen molar-refractivity contribution in [3.05, 3.63) is 36.0 Å². The van der Waals surface area contributed by atoms with Gasteiger partial charge < -0.3 is 10.2 Å². The third-order valence-electron chi connectivity index (χ3n) is 4.28. The monoisotopic (exact) mass is 269 g/mol. The number of aromatic nitrogens is 1. The van der Waals surface area contributed by atoms with E-state index in [9.17, 15) is 0 Å². The summed E-state index contributed by atoms with van der Waals surface area (Å²) in [6.45, 7) is 5.55. The fourth-order valence-corrected chi connectivity index (χ4v) is 2.91. The Hall–Kier alpha value is -1.61. The molecule has 2 heterocycles. The molecule has 1 N–H and O–H groups in total. The molecule has 1 saturated heterocycles. The van der Waals surface area contributed by atoms with Crippen LogP contribution in [0.5, 0.6) is 0 Å². The smallest absolute Gasteiger partial charge is 0.0936 e. The molecule has 20 heavy (non-hydrogen) atoms. The number of benzene rings is 1. The molecule has 0 atom stereocenters. The Morgan fingerprint density at radius 3 is 2.80 bits per heavy atom. The first-order chi connectivity index (χ1) is 9.72. The first-order valence-electron chi connectivity index (χ1n) is 7.51. The van der Waals surface area contributed by atoms with E-state index in [1.54, 1.807) is 0 Å². The molecule has 106 valence electrons. The van der Waals surface area contributed by atoms with E-state index < -0.39 is 0 Å². The maximum Gasteiger partial charge on any atom is 0.0936 e. The number of pyridine rings is 1. The molecule has 2 aromatic rings. The second-order valence-electron chi connectivity index (χ2n) is 5.96. The molecular weight excluding hydrogens is 246 g/mol. The molecule has 1 fully saturated rings. The lowest BCUT2D eigenvalue weighted by molar-refractivity contribution is 0.226. The topological polar surface area (TPSA) is 28.2 Å². The lowest BCUT2D eigenvalue weighted by Crippen LogP contribution is -2.32. The number of hydrogen-bond donors (Lipinski definition) is 1. The second-order valence-corrected chi connectivity index (χ2v) is 5.96. The summed E-state index contributed by atoms with van der Waals surface area (Å²) in [5, 5.41) is 4.83. The van der Waals surface area contributed by atoms with Crippen molar-refractivity contribution in [2.24, 2.45) is 5.92 Å². The average Bonchev–Trinajstić information content (AvgIpc) is 2.47. The highest BCUT2D eigenvalue weighted by molar-refractivity contribution is 5.90. The Balaban J connectivity index is 1.72. The Morgan fingerprint density at radius 2 is 2.00 bits per heavy atom. The quantitative estimate of drug-likeness (QED) is 0.926. The third-order valence-corrected chi connectivity index (χ3v) is 4.28. The van der Waals surface area contributed by atoms with Crippen molar-refractivity contribution >= 4 is 16.6 Å². The van der Waals surface area contributed by atoms with E-state index in [1.165, 1.54) is 37.0 Å². The highest BCUT2D eigenvalue weighted by Crippen LogP contribution is 2.23. The van der Waals surface area contributed by atoms with Crippen LogP contribution in [0.1, 0.15) is 18.5 Å². The molecule has 0 amide bonds. The van der Waals surface area contributed by atoms with Gasteiger partial charge in [0.05, 0.1) is 11.2 Å². The molecule has 1 aliphatic heterocycles.